The third-order valence-corrected chi connectivity index (χ3v) is 6.02. The monoisotopic (exact) mass is 475 g/mol. The Bertz CT molecular complexity index is 1220. The second-order valence-corrected chi connectivity index (χ2v) is 8.55. The van der Waals surface area contributed by atoms with E-state index in [1.165, 1.54) is 0 Å². The van der Waals surface area contributed by atoms with Gasteiger partial charge in [-0.05, 0) is 66.4 Å². The molecule has 0 atom stereocenters. The molecule has 8 nitrogen and oxygen atoms in total. The van der Waals surface area contributed by atoms with E-state index in [0.29, 0.717) is 48.5 Å². The van der Waals surface area contributed by atoms with E-state index in [9.17, 15) is 4.79 Å². The van der Waals surface area contributed by atoms with E-state index in [2.05, 4.69) is 30.1 Å². The average molecular weight is 476 g/mol. The molecule has 2 aliphatic heterocycles. The first-order valence-electron chi connectivity index (χ1n) is 11.9. The fourth-order valence-corrected chi connectivity index (χ4v) is 4.13. The number of nitrogens with one attached hydrogen (secondary N) is 1. The SMILES string of the molecule is CCCOc1cc(-c2cc(NC(=O)c3ccc4c(c3)OCO4)ccc2C)cc(N2CCOCC2)n1. The van der Waals surface area contributed by atoms with Gasteiger partial charge in [0.25, 0.3) is 5.91 Å². The third-order valence-electron chi connectivity index (χ3n) is 6.02. The van der Waals surface area contributed by atoms with Gasteiger partial charge in [0, 0.05) is 30.4 Å². The quantitative estimate of drug-likeness (QED) is 0.532. The minimum absolute atomic E-state index is 0.171. The highest BCUT2D eigenvalue weighted by Crippen LogP contribution is 2.34. The van der Waals surface area contributed by atoms with Gasteiger partial charge in [-0.15, -0.1) is 0 Å². The lowest BCUT2D eigenvalue weighted by Crippen LogP contribution is -2.36. The molecule has 5 rings (SSSR count). The Morgan fingerprint density at radius 1 is 1.06 bits per heavy atom. The van der Waals surface area contributed by atoms with Crippen LogP contribution in [-0.2, 0) is 4.74 Å². The first-order valence-corrected chi connectivity index (χ1v) is 11.9. The third kappa shape index (κ3) is 5.17. The van der Waals surface area contributed by atoms with Crippen LogP contribution in [0.25, 0.3) is 11.1 Å². The Hall–Kier alpha value is -3.78. The van der Waals surface area contributed by atoms with Crippen molar-refractivity contribution in [3.63, 3.8) is 0 Å². The number of nitrogens with zero attached hydrogens (tertiary/aromatic N) is 2. The fourth-order valence-electron chi connectivity index (χ4n) is 4.13. The number of aromatic nitrogens is 1. The number of rotatable bonds is 7. The van der Waals surface area contributed by atoms with Gasteiger partial charge in [0.15, 0.2) is 11.5 Å². The zero-order chi connectivity index (χ0) is 24.2. The molecule has 1 aromatic heterocycles. The maximum Gasteiger partial charge on any atom is 0.255 e. The predicted octanol–water partition coefficient (Wildman–Crippen LogP) is 4.66. The second kappa shape index (κ2) is 10.2. The highest BCUT2D eigenvalue weighted by atomic mass is 16.7. The highest BCUT2D eigenvalue weighted by Gasteiger charge is 2.18. The van der Waals surface area contributed by atoms with Crippen LogP contribution in [0, 0.1) is 6.92 Å². The molecule has 1 fully saturated rings. The van der Waals surface area contributed by atoms with Crippen molar-refractivity contribution in [3.8, 4) is 28.5 Å². The van der Waals surface area contributed by atoms with Crippen LogP contribution < -0.4 is 24.4 Å². The van der Waals surface area contributed by atoms with Gasteiger partial charge in [0.1, 0.15) is 5.82 Å². The molecule has 3 aromatic rings. The number of anilines is 2. The molecule has 0 unspecified atom stereocenters. The number of pyridine rings is 1. The molecule has 8 heteroatoms. The molecule has 1 N–H and O–H groups in total. The Kier molecular flexibility index (Phi) is 6.72. The first kappa shape index (κ1) is 23.0. The summed E-state index contributed by atoms with van der Waals surface area (Å²) in [4.78, 5) is 19.9. The van der Waals surface area contributed by atoms with Gasteiger partial charge < -0.3 is 29.2 Å². The topological polar surface area (TPSA) is 82.2 Å². The normalized spacial score (nSPS) is 14.6. The van der Waals surface area contributed by atoms with Crippen molar-refractivity contribution in [2.45, 2.75) is 20.3 Å². The van der Waals surface area contributed by atoms with Crippen molar-refractivity contribution in [1.29, 1.82) is 0 Å². The molecule has 0 saturated carbocycles. The lowest BCUT2D eigenvalue weighted by Gasteiger charge is -2.28. The standard InChI is InChI=1S/C27H29N3O5/c1-3-10-33-26-15-20(14-25(29-26)30-8-11-32-12-9-30)22-16-21(6-4-18(22)2)28-27(31)19-5-7-23-24(13-19)35-17-34-23/h4-7,13-16H,3,8-12,17H2,1-2H3,(H,28,31). The maximum absolute atomic E-state index is 12.9. The van der Waals surface area contributed by atoms with Crippen LogP contribution in [-0.4, -0.2) is 50.6 Å². The predicted molar refractivity (Wildman–Crippen MR) is 134 cm³/mol. The number of carbonyl (C=O) groups excluding carboxylic acids is 1. The van der Waals surface area contributed by atoms with Crippen LogP contribution in [0.2, 0.25) is 0 Å². The minimum Gasteiger partial charge on any atom is -0.478 e. The summed E-state index contributed by atoms with van der Waals surface area (Å²) in [6, 6.07) is 15.1. The van der Waals surface area contributed by atoms with E-state index >= 15 is 0 Å². The minimum atomic E-state index is -0.214. The molecule has 0 bridgehead atoms. The number of carbonyl (C=O) groups is 1. The van der Waals surface area contributed by atoms with Gasteiger partial charge in [0.05, 0.1) is 19.8 Å². The second-order valence-electron chi connectivity index (χ2n) is 8.55. The van der Waals surface area contributed by atoms with Crippen molar-refractivity contribution in [1.82, 2.24) is 4.98 Å². The number of ether oxygens (including phenoxy) is 4. The Morgan fingerprint density at radius 3 is 2.71 bits per heavy atom. The van der Waals surface area contributed by atoms with Crippen molar-refractivity contribution in [3.05, 3.63) is 59.7 Å². The number of benzene rings is 2. The fraction of sp³-hybridized carbons (Fsp3) is 0.333. The van der Waals surface area contributed by atoms with Gasteiger partial charge in [-0.3, -0.25) is 4.79 Å². The van der Waals surface area contributed by atoms with E-state index < -0.39 is 0 Å². The lowest BCUT2D eigenvalue weighted by molar-refractivity contribution is 0.102. The van der Waals surface area contributed by atoms with Crippen molar-refractivity contribution < 1.29 is 23.7 Å². The number of aryl methyl sites for hydroxylation is 1. The number of morpholine rings is 1. The first-order chi connectivity index (χ1) is 17.1. The number of fused-ring (bicyclic) bond motifs is 1. The van der Waals surface area contributed by atoms with Crippen molar-refractivity contribution in [2.24, 2.45) is 0 Å². The van der Waals surface area contributed by atoms with Gasteiger partial charge >= 0.3 is 0 Å². The summed E-state index contributed by atoms with van der Waals surface area (Å²) in [6.45, 7) is 7.83. The summed E-state index contributed by atoms with van der Waals surface area (Å²) in [7, 11) is 0. The molecule has 0 aliphatic carbocycles. The number of hydrogen-bond acceptors (Lipinski definition) is 7. The van der Waals surface area contributed by atoms with E-state index in [1.54, 1.807) is 18.2 Å². The molecular formula is C27H29N3O5. The zero-order valence-electron chi connectivity index (χ0n) is 20.0. The summed E-state index contributed by atoms with van der Waals surface area (Å²) in [5.41, 5.74) is 4.29. The van der Waals surface area contributed by atoms with Gasteiger partial charge in [0.2, 0.25) is 12.7 Å². The molecule has 1 amide bonds. The molecule has 2 aromatic carbocycles. The van der Waals surface area contributed by atoms with Crippen LogP contribution in [0.5, 0.6) is 17.4 Å². The van der Waals surface area contributed by atoms with Crippen molar-refractivity contribution in [2.75, 3.05) is 49.9 Å². The molecule has 3 heterocycles. The smallest absolute Gasteiger partial charge is 0.255 e. The Morgan fingerprint density at radius 2 is 1.89 bits per heavy atom. The van der Waals surface area contributed by atoms with Crippen LogP contribution >= 0.6 is 0 Å². The number of amides is 1. The van der Waals surface area contributed by atoms with E-state index in [4.69, 9.17) is 23.9 Å². The zero-order valence-corrected chi connectivity index (χ0v) is 20.0. The molecule has 2 aliphatic rings. The summed E-state index contributed by atoms with van der Waals surface area (Å²) >= 11 is 0. The van der Waals surface area contributed by atoms with Gasteiger partial charge in [-0.2, -0.15) is 4.98 Å². The van der Waals surface area contributed by atoms with Crippen LogP contribution in [0.4, 0.5) is 11.5 Å². The van der Waals surface area contributed by atoms with Crippen LogP contribution in [0.1, 0.15) is 29.3 Å². The molecule has 0 radical (unpaired) electrons. The molecule has 0 spiro atoms. The van der Waals surface area contributed by atoms with Crippen LogP contribution in [0.3, 0.4) is 0 Å². The molecular weight excluding hydrogens is 446 g/mol. The molecule has 182 valence electrons. The Labute approximate surface area is 204 Å². The van der Waals surface area contributed by atoms with Gasteiger partial charge in [-0.1, -0.05) is 13.0 Å². The van der Waals surface area contributed by atoms with Gasteiger partial charge in [-0.25, -0.2) is 0 Å². The maximum atomic E-state index is 12.9. The van der Waals surface area contributed by atoms with E-state index in [0.717, 1.165) is 42.0 Å². The number of hydrogen-bond donors (Lipinski definition) is 1. The highest BCUT2D eigenvalue weighted by molar-refractivity contribution is 6.05. The van der Waals surface area contributed by atoms with Crippen LogP contribution in [0.15, 0.2) is 48.5 Å². The average Bonchev–Trinajstić information content (AvgIpc) is 3.37. The summed E-state index contributed by atoms with van der Waals surface area (Å²) < 4.78 is 22.2. The summed E-state index contributed by atoms with van der Waals surface area (Å²) in [5.74, 6) is 2.48. The van der Waals surface area contributed by atoms with Crippen molar-refractivity contribution >= 4 is 17.4 Å². The summed E-state index contributed by atoms with van der Waals surface area (Å²) in [5, 5.41) is 3.00. The molecule has 1 saturated heterocycles. The lowest BCUT2D eigenvalue weighted by atomic mass is 10.00. The summed E-state index contributed by atoms with van der Waals surface area (Å²) in [6.07, 6.45) is 0.902. The Balaban J connectivity index is 1.43. The van der Waals surface area contributed by atoms with E-state index in [-0.39, 0.29) is 12.7 Å². The molecule has 35 heavy (non-hydrogen) atoms. The largest absolute Gasteiger partial charge is 0.478 e. The van der Waals surface area contributed by atoms with E-state index in [1.807, 2.05) is 24.3 Å².